The number of aromatic nitrogens is 2. The quantitative estimate of drug-likeness (QED) is 0.401. The van der Waals surface area contributed by atoms with E-state index in [2.05, 4.69) is 5.10 Å². The van der Waals surface area contributed by atoms with Gasteiger partial charge in [0.2, 0.25) is 5.91 Å². The van der Waals surface area contributed by atoms with E-state index < -0.39 is 0 Å². The van der Waals surface area contributed by atoms with Crippen molar-refractivity contribution in [1.29, 1.82) is 0 Å². The first-order chi connectivity index (χ1) is 15.8. The molecular weight excluding hydrogens is 414 g/mol. The second-order valence-electron chi connectivity index (χ2n) is 8.64. The van der Waals surface area contributed by atoms with Crippen molar-refractivity contribution in [2.24, 2.45) is 0 Å². The Hall–Kier alpha value is -3.67. The smallest absolute Gasteiger partial charge is 0.339 e. The highest BCUT2D eigenvalue weighted by Crippen LogP contribution is 2.22. The molecule has 0 unspecified atom stereocenters. The van der Waals surface area contributed by atoms with Crippen LogP contribution in [0.2, 0.25) is 0 Å². The fraction of sp³-hybridized carbons (Fsp3) is 0.296. The molecule has 33 heavy (non-hydrogen) atoms. The Morgan fingerprint density at radius 2 is 1.76 bits per heavy atom. The van der Waals surface area contributed by atoms with E-state index in [1.54, 1.807) is 11.9 Å². The molecule has 4 aromatic rings. The van der Waals surface area contributed by atoms with Crippen molar-refractivity contribution in [3.63, 3.8) is 0 Å². The van der Waals surface area contributed by atoms with Gasteiger partial charge in [-0.15, -0.1) is 0 Å². The van der Waals surface area contributed by atoms with E-state index in [1.807, 2.05) is 80.9 Å². The van der Waals surface area contributed by atoms with Gasteiger partial charge in [-0.3, -0.25) is 4.79 Å². The Balaban J connectivity index is 1.49. The predicted molar refractivity (Wildman–Crippen MR) is 130 cm³/mol. The summed E-state index contributed by atoms with van der Waals surface area (Å²) in [5.41, 5.74) is 6.65. The molecule has 4 rings (SSSR count). The number of nitrogens with zero attached hydrogens (tertiary/aromatic N) is 3. The SMILES string of the molecule is Cc1ccc2c(C)c(CCC(=O)N(C)Cc3c(C)nn(-c4ccccc4)c3C)c(=O)oc2c1. The zero-order valence-electron chi connectivity index (χ0n) is 19.8. The molecule has 0 fully saturated rings. The largest absolute Gasteiger partial charge is 0.423 e. The maximum absolute atomic E-state index is 12.9. The number of fused-ring (bicyclic) bond motifs is 1. The molecule has 0 aliphatic carbocycles. The fourth-order valence-electron chi connectivity index (χ4n) is 4.26. The summed E-state index contributed by atoms with van der Waals surface area (Å²) in [6.45, 7) is 8.33. The van der Waals surface area contributed by atoms with Crippen molar-refractivity contribution in [3.05, 3.63) is 92.6 Å². The van der Waals surface area contributed by atoms with Crippen molar-refractivity contribution < 1.29 is 9.21 Å². The number of rotatable bonds is 6. The van der Waals surface area contributed by atoms with Crippen LogP contribution in [0.4, 0.5) is 0 Å². The summed E-state index contributed by atoms with van der Waals surface area (Å²) < 4.78 is 7.44. The molecule has 1 amide bonds. The lowest BCUT2D eigenvalue weighted by Crippen LogP contribution is -2.27. The van der Waals surface area contributed by atoms with Gasteiger partial charge in [-0.05, 0) is 63.4 Å². The van der Waals surface area contributed by atoms with Gasteiger partial charge in [0.1, 0.15) is 5.58 Å². The van der Waals surface area contributed by atoms with Crippen LogP contribution in [0, 0.1) is 27.7 Å². The molecule has 2 heterocycles. The van der Waals surface area contributed by atoms with Gasteiger partial charge in [-0.1, -0.05) is 30.3 Å². The van der Waals surface area contributed by atoms with Gasteiger partial charge in [0, 0.05) is 42.2 Å². The molecular formula is C27H29N3O3. The molecule has 0 bridgehead atoms. The highest BCUT2D eigenvalue weighted by Gasteiger charge is 2.19. The van der Waals surface area contributed by atoms with E-state index in [-0.39, 0.29) is 18.0 Å². The first-order valence-corrected chi connectivity index (χ1v) is 11.1. The third-order valence-corrected chi connectivity index (χ3v) is 6.29. The summed E-state index contributed by atoms with van der Waals surface area (Å²) in [6.07, 6.45) is 0.590. The molecule has 6 heteroatoms. The van der Waals surface area contributed by atoms with Crippen LogP contribution in [-0.2, 0) is 17.8 Å². The summed E-state index contributed by atoms with van der Waals surface area (Å²) in [5.74, 6) is -0.0240. The Labute approximate surface area is 193 Å². The molecule has 0 radical (unpaired) electrons. The van der Waals surface area contributed by atoms with Gasteiger partial charge >= 0.3 is 5.63 Å². The lowest BCUT2D eigenvalue weighted by molar-refractivity contribution is -0.130. The van der Waals surface area contributed by atoms with Crippen LogP contribution in [0.3, 0.4) is 0 Å². The van der Waals surface area contributed by atoms with Gasteiger partial charge in [-0.25, -0.2) is 9.48 Å². The molecule has 0 aliphatic rings. The molecule has 6 nitrogen and oxygen atoms in total. The number of amides is 1. The van der Waals surface area contributed by atoms with Crippen LogP contribution in [0.15, 0.2) is 57.7 Å². The molecule has 0 saturated heterocycles. The third kappa shape index (κ3) is 4.46. The van der Waals surface area contributed by atoms with Crippen LogP contribution < -0.4 is 5.63 Å². The minimum absolute atomic E-state index is 0.0240. The number of benzene rings is 2. The van der Waals surface area contributed by atoms with E-state index in [0.29, 0.717) is 24.1 Å². The van der Waals surface area contributed by atoms with Crippen molar-refractivity contribution >= 4 is 16.9 Å². The molecule has 0 aliphatic heterocycles. The van der Waals surface area contributed by atoms with Gasteiger partial charge < -0.3 is 9.32 Å². The first-order valence-electron chi connectivity index (χ1n) is 11.1. The maximum Gasteiger partial charge on any atom is 0.339 e. The number of carbonyl (C=O) groups is 1. The average molecular weight is 444 g/mol. The Morgan fingerprint density at radius 3 is 2.48 bits per heavy atom. The molecule has 0 saturated carbocycles. The van der Waals surface area contributed by atoms with Crippen molar-refractivity contribution in [2.45, 2.75) is 47.1 Å². The summed E-state index contributed by atoms with van der Waals surface area (Å²) in [5, 5.41) is 5.58. The van der Waals surface area contributed by atoms with Crippen molar-refractivity contribution in [3.8, 4) is 5.69 Å². The zero-order valence-corrected chi connectivity index (χ0v) is 19.8. The highest BCUT2D eigenvalue weighted by molar-refractivity contribution is 5.82. The number of carbonyl (C=O) groups excluding carboxylic acids is 1. The molecule has 2 aromatic heterocycles. The Bertz CT molecular complexity index is 1380. The van der Waals surface area contributed by atoms with E-state index in [4.69, 9.17) is 4.42 Å². The molecule has 0 atom stereocenters. The predicted octanol–water partition coefficient (Wildman–Crippen LogP) is 4.80. The van der Waals surface area contributed by atoms with E-state index >= 15 is 0 Å². The second-order valence-corrected chi connectivity index (χ2v) is 8.64. The van der Waals surface area contributed by atoms with Gasteiger partial charge in [-0.2, -0.15) is 5.10 Å². The lowest BCUT2D eigenvalue weighted by Gasteiger charge is -2.18. The Kier molecular flexibility index (Phi) is 6.18. The topological polar surface area (TPSA) is 68.3 Å². The molecule has 170 valence electrons. The van der Waals surface area contributed by atoms with Crippen LogP contribution >= 0.6 is 0 Å². The van der Waals surface area contributed by atoms with Crippen molar-refractivity contribution in [1.82, 2.24) is 14.7 Å². The first kappa shape index (κ1) is 22.5. The lowest BCUT2D eigenvalue weighted by atomic mass is 10.0. The van der Waals surface area contributed by atoms with Crippen LogP contribution in [0.1, 0.15) is 40.1 Å². The van der Waals surface area contributed by atoms with E-state index in [1.165, 1.54) is 0 Å². The van der Waals surface area contributed by atoms with E-state index in [9.17, 15) is 9.59 Å². The monoisotopic (exact) mass is 443 g/mol. The maximum atomic E-state index is 12.9. The minimum atomic E-state index is -0.364. The summed E-state index contributed by atoms with van der Waals surface area (Å²) in [7, 11) is 1.79. The summed E-state index contributed by atoms with van der Waals surface area (Å²) >= 11 is 0. The molecule has 0 N–H and O–H groups in total. The standard InChI is InChI=1S/C27H29N3O3/c1-17-11-12-22-18(2)23(27(32)33-25(22)15-17)13-14-26(31)29(5)16-24-19(3)28-30(20(24)4)21-9-7-6-8-10-21/h6-12,15H,13-14,16H2,1-5H3. The third-order valence-electron chi connectivity index (χ3n) is 6.29. The second kappa shape index (κ2) is 9.06. The number of hydrogen-bond acceptors (Lipinski definition) is 4. The summed E-state index contributed by atoms with van der Waals surface area (Å²) in [4.78, 5) is 27.2. The number of hydrogen-bond donors (Lipinski definition) is 0. The van der Waals surface area contributed by atoms with E-state index in [0.717, 1.165) is 39.2 Å². The number of para-hydroxylation sites is 1. The molecule has 0 spiro atoms. The molecule has 2 aromatic carbocycles. The van der Waals surface area contributed by atoms with Gasteiger partial charge in [0.25, 0.3) is 0 Å². The average Bonchev–Trinajstić information content (AvgIpc) is 3.07. The van der Waals surface area contributed by atoms with Crippen LogP contribution in [-0.4, -0.2) is 27.6 Å². The highest BCUT2D eigenvalue weighted by atomic mass is 16.4. The zero-order chi connectivity index (χ0) is 23.7. The summed E-state index contributed by atoms with van der Waals surface area (Å²) in [6, 6.07) is 15.8. The van der Waals surface area contributed by atoms with Gasteiger partial charge in [0.05, 0.1) is 11.4 Å². The minimum Gasteiger partial charge on any atom is -0.423 e. The number of aryl methyl sites for hydroxylation is 3. The van der Waals surface area contributed by atoms with Crippen molar-refractivity contribution in [2.75, 3.05) is 7.05 Å². The van der Waals surface area contributed by atoms with Gasteiger partial charge in [0.15, 0.2) is 0 Å². The normalized spacial score (nSPS) is 11.2. The fourth-order valence-corrected chi connectivity index (χ4v) is 4.26. The van der Waals surface area contributed by atoms with Crippen LogP contribution in [0.25, 0.3) is 16.7 Å². The Morgan fingerprint density at radius 1 is 1.03 bits per heavy atom. The van der Waals surface area contributed by atoms with Crippen LogP contribution in [0.5, 0.6) is 0 Å².